The molecule has 2 unspecified atom stereocenters. The second-order valence-electron chi connectivity index (χ2n) is 7.77. The van der Waals surface area contributed by atoms with Crippen molar-refractivity contribution in [3.8, 4) is 11.5 Å². The summed E-state index contributed by atoms with van der Waals surface area (Å²) in [6.07, 6.45) is 3.37. The third-order valence-corrected chi connectivity index (χ3v) is 7.12. The van der Waals surface area contributed by atoms with E-state index in [9.17, 15) is 9.90 Å². The number of Topliss-reactive ketones (excluding diaryl/α,β-unsaturated/α-hetero) is 1. The summed E-state index contributed by atoms with van der Waals surface area (Å²) in [5, 5.41) is 11.8. The molecule has 1 aromatic rings. The van der Waals surface area contributed by atoms with Crippen LogP contribution in [0, 0.1) is 11.8 Å². The van der Waals surface area contributed by atoms with Gasteiger partial charge in [0.2, 0.25) is 0 Å². The minimum absolute atomic E-state index is 0.133. The number of hydrogen-bond acceptors (Lipinski definition) is 4. The van der Waals surface area contributed by atoms with Crippen LogP contribution in [0.3, 0.4) is 0 Å². The van der Waals surface area contributed by atoms with Gasteiger partial charge in [0.25, 0.3) is 0 Å². The van der Waals surface area contributed by atoms with Crippen LogP contribution in [0.5, 0.6) is 11.5 Å². The average molecular weight is 314 g/mol. The number of methoxy groups -OCH3 is 1. The molecule has 4 aliphatic rings. The van der Waals surface area contributed by atoms with Gasteiger partial charge in [-0.25, -0.2) is 0 Å². The number of aliphatic hydroxyl groups is 1. The number of ether oxygens (including phenoxy) is 2. The van der Waals surface area contributed by atoms with Crippen LogP contribution >= 0.6 is 0 Å². The Labute approximate surface area is 135 Å². The number of ketones is 1. The first-order chi connectivity index (χ1) is 11.0. The van der Waals surface area contributed by atoms with Crippen LogP contribution < -0.4 is 9.47 Å². The van der Waals surface area contributed by atoms with Crippen LogP contribution in [0.4, 0.5) is 0 Å². The molecule has 2 bridgehead atoms. The standard InChI is InChI=1S/C19H22O4/c1-10-3-5-12-9-11-4-6-14(22-2)16-15(11)19(10)17(23-16)13(20)7-8-18(12,19)21/h4,6,10,12,17,21H,3,5,7-9H2,1-2H3/t10-,12+,17?,18?,19-/m0/s1. The van der Waals surface area contributed by atoms with Crippen molar-refractivity contribution in [2.45, 2.75) is 56.1 Å². The SMILES string of the molecule is COc1ccc2c3c1OC1C(=O)CCC4(O)[C@H](CC[C@H](C)[C@]314)C2. The third-order valence-electron chi connectivity index (χ3n) is 7.12. The second kappa shape index (κ2) is 4.10. The van der Waals surface area contributed by atoms with Gasteiger partial charge in [0.05, 0.1) is 18.1 Å². The summed E-state index contributed by atoms with van der Waals surface area (Å²) >= 11 is 0. The van der Waals surface area contributed by atoms with E-state index in [1.54, 1.807) is 7.11 Å². The maximum absolute atomic E-state index is 12.7. The lowest BCUT2D eigenvalue weighted by Crippen LogP contribution is -2.72. The van der Waals surface area contributed by atoms with Gasteiger partial charge in [-0.05, 0) is 49.1 Å². The molecule has 0 aromatic heterocycles. The van der Waals surface area contributed by atoms with E-state index in [4.69, 9.17) is 9.47 Å². The zero-order valence-corrected chi connectivity index (χ0v) is 13.6. The van der Waals surface area contributed by atoms with E-state index in [-0.39, 0.29) is 17.6 Å². The Balaban J connectivity index is 1.89. The zero-order valence-electron chi connectivity index (χ0n) is 13.6. The van der Waals surface area contributed by atoms with Crippen molar-refractivity contribution in [1.29, 1.82) is 0 Å². The Morgan fingerprint density at radius 1 is 1.35 bits per heavy atom. The molecule has 5 atom stereocenters. The van der Waals surface area contributed by atoms with E-state index >= 15 is 0 Å². The minimum Gasteiger partial charge on any atom is -0.493 e. The maximum Gasteiger partial charge on any atom is 0.174 e. The lowest BCUT2D eigenvalue weighted by atomic mass is 9.42. The number of benzene rings is 1. The van der Waals surface area contributed by atoms with Crippen molar-refractivity contribution in [2.24, 2.45) is 11.8 Å². The second-order valence-corrected chi connectivity index (χ2v) is 7.77. The minimum atomic E-state index is -0.826. The topological polar surface area (TPSA) is 55.8 Å². The number of carbonyl (C=O) groups is 1. The van der Waals surface area contributed by atoms with Gasteiger partial charge in [-0.15, -0.1) is 0 Å². The molecule has 2 fully saturated rings. The van der Waals surface area contributed by atoms with Gasteiger partial charge in [-0.3, -0.25) is 4.79 Å². The van der Waals surface area contributed by atoms with E-state index in [0.29, 0.717) is 24.3 Å². The van der Waals surface area contributed by atoms with Crippen molar-refractivity contribution >= 4 is 5.78 Å². The van der Waals surface area contributed by atoms with Gasteiger partial charge in [0, 0.05) is 12.0 Å². The Morgan fingerprint density at radius 3 is 2.96 bits per heavy atom. The highest BCUT2D eigenvalue weighted by Crippen LogP contribution is 2.68. The van der Waals surface area contributed by atoms with E-state index < -0.39 is 17.1 Å². The van der Waals surface area contributed by atoms with Crippen LogP contribution in [0.15, 0.2) is 12.1 Å². The maximum atomic E-state index is 12.7. The fourth-order valence-electron chi connectivity index (χ4n) is 6.19. The Morgan fingerprint density at radius 2 is 2.17 bits per heavy atom. The van der Waals surface area contributed by atoms with Crippen molar-refractivity contribution < 1.29 is 19.4 Å². The van der Waals surface area contributed by atoms with E-state index in [0.717, 1.165) is 24.8 Å². The molecule has 1 heterocycles. The molecule has 23 heavy (non-hydrogen) atoms. The molecule has 0 amide bonds. The van der Waals surface area contributed by atoms with E-state index in [2.05, 4.69) is 13.0 Å². The molecular weight excluding hydrogens is 292 g/mol. The fourth-order valence-corrected chi connectivity index (χ4v) is 6.19. The van der Waals surface area contributed by atoms with Crippen molar-refractivity contribution in [1.82, 2.24) is 0 Å². The summed E-state index contributed by atoms with van der Waals surface area (Å²) in [7, 11) is 1.63. The van der Waals surface area contributed by atoms with Gasteiger partial charge in [-0.2, -0.15) is 0 Å². The smallest absolute Gasteiger partial charge is 0.174 e. The Kier molecular flexibility index (Phi) is 2.47. The van der Waals surface area contributed by atoms with Crippen LogP contribution in [-0.4, -0.2) is 29.7 Å². The third kappa shape index (κ3) is 1.29. The van der Waals surface area contributed by atoms with E-state index in [1.165, 1.54) is 5.56 Å². The van der Waals surface area contributed by atoms with Gasteiger partial charge >= 0.3 is 0 Å². The van der Waals surface area contributed by atoms with Gasteiger partial charge in [0.15, 0.2) is 23.4 Å². The van der Waals surface area contributed by atoms with Crippen LogP contribution in [0.1, 0.15) is 43.7 Å². The highest BCUT2D eigenvalue weighted by Gasteiger charge is 2.73. The van der Waals surface area contributed by atoms with Crippen molar-refractivity contribution in [2.75, 3.05) is 7.11 Å². The summed E-state index contributed by atoms with van der Waals surface area (Å²) in [6.45, 7) is 2.18. The largest absolute Gasteiger partial charge is 0.493 e. The quantitative estimate of drug-likeness (QED) is 0.865. The highest BCUT2D eigenvalue weighted by molar-refractivity contribution is 5.90. The zero-order chi connectivity index (χ0) is 16.0. The summed E-state index contributed by atoms with van der Waals surface area (Å²) in [4.78, 5) is 12.7. The molecule has 1 aliphatic heterocycles. The van der Waals surface area contributed by atoms with Gasteiger partial charge < -0.3 is 14.6 Å². The van der Waals surface area contributed by atoms with Gasteiger partial charge in [-0.1, -0.05) is 13.0 Å². The predicted octanol–water partition coefficient (Wildman–Crippen LogP) is 2.39. The van der Waals surface area contributed by atoms with Crippen molar-refractivity contribution in [3.05, 3.63) is 23.3 Å². The van der Waals surface area contributed by atoms with Crippen LogP contribution in [0.2, 0.25) is 0 Å². The molecule has 0 saturated heterocycles. The Hall–Kier alpha value is -1.55. The molecular formula is C19H22O4. The van der Waals surface area contributed by atoms with Gasteiger partial charge in [0.1, 0.15) is 0 Å². The first kappa shape index (κ1) is 13.8. The highest BCUT2D eigenvalue weighted by atomic mass is 16.5. The number of rotatable bonds is 1. The first-order valence-electron chi connectivity index (χ1n) is 8.66. The van der Waals surface area contributed by atoms with Crippen LogP contribution in [0.25, 0.3) is 0 Å². The molecule has 1 aromatic carbocycles. The molecule has 1 spiro atoms. The fraction of sp³-hybridized carbons (Fsp3) is 0.632. The predicted molar refractivity (Wildman–Crippen MR) is 83.9 cm³/mol. The molecule has 0 radical (unpaired) electrons. The van der Waals surface area contributed by atoms with E-state index in [1.807, 2.05) is 6.07 Å². The first-order valence-corrected chi connectivity index (χ1v) is 8.66. The number of hydrogen-bond donors (Lipinski definition) is 1. The molecule has 4 heteroatoms. The lowest BCUT2D eigenvalue weighted by molar-refractivity contribution is -0.190. The lowest BCUT2D eigenvalue weighted by Gasteiger charge is -2.62. The summed E-state index contributed by atoms with van der Waals surface area (Å²) in [5.41, 5.74) is 0.899. The molecule has 122 valence electrons. The Bertz CT molecular complexity index is 726. The molecule has 4 nitrogen and oxygen atoms in total. The van der Waals surface area contributed by atoms with Crippen LogP contribution in [-0.2, 0) is 16.6 Å². The number of carbonyl (C=O) groups excluding carboxylic acids is 1. The molecule has 1 N–H and O–H groups in total. The van der Waals surface area contributed by atoms with Crippen molar-refractivity contribution in [3.63, 3.8) is 0 Å². The molecule has 5 rings (SSSR count). The summed E-state index contributed by atoms with van der Waals surface area (Å²) in [5.74, 6) is 1.97. The summed E-state index contributed by atoms with van der Waals surface area (Å²) < 4.78 is 11.7. The monoisotopic (exact) mass is 314 g/mol. The molecule has 3 aliphatic carbocycles. The average Bonchev–Trinajstić information content (AvgIpc) is 2.91. The molecule has 2 saturated carbocycles. The normalized spacial score (nSPS) is 42.9. The summed E-state index contributed by atoms with van der Waals surface area (Å²) in [6, 6.07) is 4.05.